The van der Waals surface area contributed by atoms with Crippen molar-refractivity contribution in [3.8, 4) is 16.9 Å². The maximum Gasteiger partial charge on any atom is 0.410 e. The Kier molecular flexibility index (Phi) is 24.4. The first kappa shape index (κ1) is 77.8. The molecule has 1 saturated heterocycles. The lowest BCUT2D eigenvalue weighted by molar-refractivity contribution is -0.198. The van der Waals surface area contributed by atoms with Crippen molar-refractivity contribution in [2.45, 2.75) is 168 Å². The van der Waals surface area contributed by atoms with E-state index in [1.54, 1.807) is 54.9 Å². The standard InChI is InChI=1S/C75H92N11O18PS/c1-6-74(46-86-47(2)53(39-78-86)51-20-22-59(81-65(51)69(95)96)84-31-26-49-15-10-16-52(54(49)40-84)66(92)82-70-80-55-17-11-27-77-67(55)106-70)43-73(5)41-72(3,4)42-75(44-73,45-74)102-34-32-83(29-13-35-105(98,99)100)71(97)101-33-12-14-48-19-21-57(103-64-38-50(87)37-58(104-64)68(93)94)56(36-48)79-61(89)25-28-76-60(88)18-8-7-9-30-85-62(90)23-24-63(85)91/h10-12,14-17,19-24,27,36,39,50,58,64,87H,6-9,13,18,25-26,28-35,37-38,40-46H2,1-5H3,(H,76,88)(H,79,89)(H,93,94)(H,95,96)(H,80,82,92)(H2,98,99,100)/b14-12+/t50-,58-,64+,73?,74?,75?/m0/s1. The van der Waals surface area contributed by atoms with Gasteiger partial charge in [-0.15, -0.1) is 0 Å². The van der Waals surface area contributed by atoms with Crippen LogP contribution in [0.4, 0.5) is 21.4 Å². The fourth-order valence-electron chi connectivity index (χ4n) is 16.3. The molecule has 106 heavy (non-hydrogen) atoms. The molecular formula is C75H92N11O18PS. The highest BCUT2D eigenvalue weighted by atomic mass is 32.1. The molecule has 0 radical (unpaired) electrons. The Morgan fingerprint density at radius 2 is 1.67 bits per heavy atom. The highest BCUT2D eigenvalue weighted by Crippen LogP contribution is 2.64. The zero-order valence-corrected chi connectivity index (χ0v) is 61.8. The smallest absolute Gasteiger partial charge is 0.410 e. The number of carbonyl (C=O) groups is 8. The van der Waals surface area contributed by atoms with Crippen LogP contribution in [0.15, 0.2) is 91.3 Å². The fourth-order valence-corrected chi connectivity index (χ4v) is 17.7. The summed E-state index contributed by atoms with van der Waals surface area (Å²) < 4.78 is 38.6. The van der Waals surface area contributed by atoms with Crippen LogP contribution < -0.4 is 25.6 Å². The van der Waals surface area contributed by atoms with E-state index in [1.165, 1.54) is 34.5 Å². The van der Waals surface area contributed by atoms with Crippen LogP contribution in [0.5, 0.6) is 5.75 Å². The normalized spacial score (nSPS) is 21.9. The van der Waals surface area contributed by atoms with Crippen LogP contribution >= 0.6 is 18.9 Å². The highest BCUT2D eigenvalue weighted by molar-refractivity contribution is 7.51. The summed E-state index contributed by atoms with van der Waals surface area (Å²) in [6.45, 7) is 12.3. The lowest BCUT2D eigenvalue weighted by atomic mass is 9.47. The molecule has 3 aliphatic heterocycles. The Morgan fingerprint density at radius 3 is 2.42 bits per heavy atom. The van der Waals surface area contributed by atoms with Gasteiger partial charge < -0.3 is 64.5 Å². The summed E-state index contributed by atoms with van der Waals surface area (Å²) in [5.41, 5.74) is 3.99. The van der Waals surface area contributed by atoms with Crippen LogP contribution in [-0.4, -0.2) is 183 Å². The van der Waals surface area contributed by atoms with Crippen molar-refractivity contribution in [2.75, 3.05) is 67.6 Å². The number of thiazole rings is 1. The van der Waals surface area contributed by atoms with Gasteiger partial charge in [-0.05, 0) is 153 Å². The van der Waals surface area contributed by atoms with E-state index in [2.05, 4.69) is 53.6 Å². The predicted octanol–water partition coefficient (Wildman–Crippen LogP) is 9.91. The summed E-state index contributed by atoms with van der Waals surface area (Å²) >= 11 is 1.29. The highest BCUT2D eigenvalue weighted by Gasteiger charge is 2.59. The third-order valence-corrected chi connectivity index (χ3v) is 22.1. The maximum atomic E-state index is 14.1. The number of pyridine rings is 2. The van der Waals surface area contributed by atoms with Gasteiger partial charge >= 0.3 is 25.6 Å². The second-order valence-corrected chi connectivity index (χ2v) is 32.3. The quantitative estimate of drug-likeness (QED) is 0.0111. The van der Waals surface area contributed by atoms with E-state index in [0.717, 1.165) is 47.4 Å². The van der Waals surface area contributed by atoms with Crippen LogP contribution in [0, 0.1) is 23.2 Å². The van der Waals surface area contributed by atoms with Crippen molar-refractivity contribution >= 4 is 99.6 Å². The Morgan fingerprint density at radius 1 is 0.868 bits per heavy atom. The number of carboxylic acids is 2. The molecule has 6 atom stereocenters. The number of aliphatic carboxylic acids is 1. The molecule has 8 N–H and O–H groups in total. The summed E-state index contributed by atoms with van der Waals surface area (Å²) in [5.74, 6) is -3.81. The molecule has 31 heteroatoms. The minimum absolute atomic E-state index is 0.0173. The number of aromatic carboxylic acids is 1. The Labute approximate surface area is 617 Å². The van der Waals surface area contributed by atoms with Gasteiger partial charge in [0.25, 0.3) is 17.7 Å². The SMILES string of the molecule is CCC1(Cn2ncc(-c3ccc(N4CCc5cccc(C(=O)Nc6nc7cccnc7s6)c5C4)nc3C(=O)O)c2C)CC2(C)CC(C)(C)CC(OCCN(CCCP(=O)(O)O)C(=O)OC/C=C/c3ccc(O[C@H]4C[C@@H](O)C[C@@H](C(=O)O)O4)c(NC(=O)CCNC(=O)CCCCCN4C(=O)C=CC4=O)c3)(C2)C1. The molecule has 5 aliphatic rings. The van der Waals surface area contributed by atoms with E-state index in [4.69, 9.17) is 29.0 Å². The molecule has 11 rings (SSSR count). The van der Waals surface area contributed by atoms with E-state index in [0.29, 0.717) is 102 Å². The van der Waals surface area contributed by atoms with Gasteiger partial charge in [0.15, 0.2) is 16.9 Å². The molecule has 3 unspecified atom stereocenters. The number of carboxylic acid groups (broad SMARTS) is 2. The van der Waals surface area contributed by atoms with Gasteiger partial charge in [0.05, 0.1) is 36.4 Å². The first-order valence-electron chi connectivity index (χ1n) is 35.9. The van der Waals surface area contributed by atoms with Gasteiger partial charge in [0.1, 0.15) is 28.5 Å². The predicted molar refractivity (Wildman–Crippen MR) is 393 cm³/mol. The van der Waals surface area contributed by atoms with E-state index < -0.39 is 61.8 Å². The number of fused-ring (bicyclic) bond motifs is 4. The van der Waals surface area contributed by atoms with Gasteiger partial charge in [-0.2, -0.15) is 5.10 Å². The first-order valence-corrected chi connectivity index (χ1v) is 38.5. The number of aromatic nitrogens is 5. The monoisotopic (exact) mass is 1500 g/mol. The summed E-state index contributed by atoms with van der Waals surface area (Å²) in [5, 5.41) is 44.8. The summed E-state index contributed by atoms with van der Waals surface area (Å²) in [4.78, 5) is 141. The molecule has 7 heterocycles. The van der Waals surface area contributed by atoms with Gasteiger partial charge in [-0.3, -0.25) is 43.4 Å². The topological polar surface area (TPSA) is 394 Å². The van der Waals surface area contributed by atoms with Crippen LogP contribution in [0.25, 0.3) is 27.6 Å². The molecule has 6 amide bonds. The molecule has 6 aromatic rings. The molecule has 3 fully saturated rings. The molecule has 2 saturated carbocycles. The third-order valence-electron chi connectivity index (χ3n) is 20.4. The molecule has 4 aromatic heterocycles. The number of ether oxygens (including phenoxy) is 4. The molecule has 2 bridgehead atoms. The summed E-state index contributed by atoms with van der Waals surface area (Å²) in [6.07, 6.45) is 10.8. The van der Waals surface area contributed by atoms with E-state index in [1.807, 2.05) is 40.8 Å². The molecule has 2 aliphatic carbocycles. The second-order valence-electron chi connectivity index (χ2n) is 29.6. The van der Waals surface area contributed by atoms with E-state index in [9.17, 15) is 68.0 Å². The lowest BCUT2D eigenvalue weighted by Crippen LogP contribution is -2.58. The summed E-state index contributed by atoms with van der Waals surface area (Å²) in [6, 6.07) is 17.6. The number of unbranched alkanes of at least 4 members (excludes halogenated alkanes) is 2. The van der Waals surface area contributed by atoms with Crippen LogP contribution in [-0.2, 0) is 62.3 Å². The van der Waals surface area contributed by atoms with Crippen molar-refractivity contribution in [2.24, 2.45) is 16.2 Å². The Balaban J connectivity index is 0.730. The molecule has 29 nitrogen and oxygen atoms in total. The van der Waals surface area contributed by atoms with Crippen molar-refractivity contribution in [1.82, 2.24) is 39.8 Å². The fraction of sp³-hybridized carbons (Fsp3) is 0.493. The number of carbonyl (C=O) groups excluding carboxylic acids is 6. The number of amides is 6. The largest absolute Gasteiger partial charge is 0.479 e. The van der Waals surface area contributed by atoms with Crippen LogP contribution in [0.3, 0.4) is 0 Å². The van der Waals surface area contributed by atoms with Crippen molar-refractivity contribution in [1.29, 1.82) is 0 Å². The average molecular weight is 1500 g/mol. The zero-order chi connectivity index (χ0) is 75.7. The minimum Gasteiger partial charge on any atom is -0.479 e. The van der Waals surface area contributed by atoms with Crippen molar-refractivity contribution in [3.63, 3.8) is 0 Å². The zero-order valence-electron chi connectivity index (χ0n) is 60.1. The maximum absolute atomic E-state index is 14.1. The van der Waals surface area contributed by atoms with Crippen molar-refractivity contribution in [3.05, 3.63) is 125 Å². The van der Waals surface area contributed by atoms with Gasteiger partial charge in [0.2, 0.25) is 18.1 Å². The molecule has 566 valence electrons. The van der Waals surface area contributed by atoms with E-state index in [-0.39, 0.29) is 129 Å². The number of benzene rings is 2. The van der Waals surface area contributed by atoms with Gasteiger partial charge in [-0.1, -0.05) is 69.7 Å². The van der Waals surface area contributed by atoms with E-state index >= 15 is 0 Å². The second kappa shape index (κ2) is 33.2. The Bertz CT molecular complexity index is 4370. The number of anilines is 3. The number of hydrogen-bond acceptors (Lipinski definition) is 20. The number of aliphatic hydroxyl groups is 1. The minimum atomic E-state index is -4.44. The number of nitrogens with one attached hydrogen (secondary N) is 3. The van der Waals surface area contributed by atoms with Gasteiger partial charge in [0, 0.05) is 112 Å². The summed E-state index contributed by atoms with van der Waals surface area (Å²) in [7, 11) is -4.44. The lowest BCUT2D eigenvalue weighted by Gasteiger charge is -2.62. The number of aliphatic hydroxyl groups excluding tert-OH is 1. The van der Waals surface area contributed by atoms with Crippen LogP contribution in [0.2, 0.25) is 0 Å². The van der Waals surface area contributed by atoms with Crippen LogP contribution in [0.1, 0.15) is 161 Å². The molecule has 0 spiro atoms. The number of imide groups is 1. The Hall–Kier alpha value is -9.29. The number of hydrogen-bond donors (Lipinski definition) is 8. The number of rotatable bonds is 32. The average Bonchev–Trinajstić information content (AvgIpc) is 1.02. The van der Waals surface area contributed by atoms with Crippen molar-refractivity contribution < 1.29 is 87.0 Å². The number of nitrogens with zero attached hydrogens (tertiary/aromatic N) is 8. The first-order chi connectivity index (χ1) is 50.5. The third kappa shape index (κ3) is 19.7. The van der Waals surface area contributed by atoms with Gasteiger partial charge in [-0.25, -0.2) is 29.3 Å². The molecule has 2 aromatic carbocycles. The molecular weight excluding hydrogens is 1410 g/mol.